The second kappa shape index (κ2) is 6.71. The lowest BCUT2D eigenvalue weighted by Crippen LogP contribution is -2.73. The van der Waals surface area contributed by atoms with Crippen LogP contribution in [-0.2, 0) is 4.74 Å². The van der Waals surface area contributed by atoms with E-state index in [1.165, 1.54) is 64.0 Å². The molecule has 1 spiro atoms. The molecule has 0 N–H and O–H groups in total. The summed E-state index contributed by atoms with van der Waals surface area (Å²) in [5.41, 5.74) is 0.242. The maximum Gasteiger partial charge on any atom is 0.225 e. The SMILES string of the molecule is Fc1cnc(N2CC3(CC(COCC4CC4)CCN3CC3CC3)C2)nc1. The molecule has 5 nitrogen and oxygen atoms in total. The largest absolute Gasteiger partial charge is 0.381 e. The van der Waals surface area contributed by atoms with Crippen LogP contribution in [-0.4, -0.2) is 59.8 Å². The molecule has 1 aromatic heterocycles. The third kappa shape index (κ3) is 3.58. The second-order valence-corrected chi connectivity index (χ2v) is 9.01. The Balaban J connectivity index is 1.22. The molecular formula is C20H29FN4O. The molecule has 26 heavy (non-hydrogen) atoms. The van der Waals surface area contributed by atoms with Crippen LogP contribution in [0.5, 0.6) is 0 Å². The fourth-order valence-corrected chi connectivity index (χ4v) is 4.67. The number of halogens is 1. The van der Waals surface area contributed by atoms with Gasteiger partial charge in [0.05, 0.1) is 17.9 Å². The number of likely N-dealkylation sites (tertiary alicyclic amines) is 1. The summed E-state index contributed by atoms with van der Waals surface area (Å²) in [7, 11) is 0. The molecule has 5 rings (SSSR count). The predicted octanol–water partition coefficient (Wildman–Crippen LogP) is 2.72. The van der Waals surface area contributed by atoms with Crippen LogP contribution in [0.4, 0.5) is 10.3 Å². The molecule has 0 aromatic carbocycles. The van der Waals surface area contributed by atoms with E-state index in [2.05, 4.69) is 19.8 Å². The summed E-state index contributed by atoms with van der Waals surface area (Å²) >= 11 is 0. The monoisotopic (exact) mass is 360 g/mol. The molecule has 4 aliphatic rings. The molecule has 6 heteroatoms. The number of nitrogens with zero attached hydrogens (tertiary/aromatic N) is 4. The van der Waals surface area contributed by atoms with E-state index in [0.717, 1.165) is 38.1 Å². The van der Waals surface area contributed by atoms with E-state index in [0.29, 0.717) is 11.9 Å². The fourth-order valence-electron chi connectivity index (χ4n) is 4.67. The van der Waals surface area contributed by atoms with Crippen LogP contribution in [0, 0.1) is 23.6 Å². The van der Waals surface area contributed by atoms with Crippen molar-refractivity contribution in [2.24, 2.45) is 17.8 Å². The Hall–Kier alpha value is -1.27. The van der Waals surface area contributed by atoms with Gasteiger partial charge in [-0.1, -0.05) is 0 Å². The van der Waals surface area contributed by atoms with Crippen molar-refractivity contribution in [3.63, 3.8) is 0 Å². The van der Waals surface area contributed by atoms with Crippen molar-refractivity contribution in [3.05, 3.63) is 18.2 Å². The maximum absolute atomic E-state index is 13.1. The van der Waals surface area contributed by atoms with Crippen LogP contribution >= 0.6 is 0 Å². The number of hydrogen-bond donors (Lipinski definition) is 0. The molecule has 2 saturated heterocycles. The molecule has 1 unspecified atom stereocenters. The standard InChI is InChI=1S/C20H29FN4O/c21-18-8-22-19(23-9-18)24-13-20(14-24)7-17(12-26-11-16-3-4-16)5-6-25(20)10-15-1-2-15/h8-9,15-17H,1-7,10-14H2. The third-order valence-corrected chi connectivity index (χ3v) is 6.59. The van der Waals surface area contributed by atoms with Gasteiger partial charge >= 0.3 is 0 Å². The maximum atomic E-state index is 13.1. The normalized spacial score (nSPS) is 28.3. The van der Waals surface area contributed by atoms with Crippen LogP contribution in [0.15, 0.2) is 12.4 Å². The molecular weight excluding hydrogens is 331 g/mol. The molecule has 0 radical (unpaired) electrons. The molecule has 2 aliphatic carbocycles. The summed E-state index contributed by atoms with van der Waals surface area (Å²) < 4.78 is 19.1. The highest BCUT2D eigenvalue weighted by Gasteiger charge is 2.52. The highest BCUT2D eigenvalue weighted by Crippen LogP contribution is 2.43. The number of anilines is 1. The minimum atomic E-state index is -0.370. The molecule has 2 aliphatic heterocycles. The van der Waals surface area contributed by atoms with Gasteiger partial charge in [0.2, 0.25) is 5.95 Å². The quantitative estimate of drug-likeness (QED) is 0.748. The highest BCUT2D eigenvalue weighted by atomic mass is 19.1. The van der Waals surface area contributed by atoms with Crippen LogP contribution in [0.1, 0.15) is 38.5 Å². The minimum absolute atomic E-state index is 0.242. The fraction of sp³-hybridized carbons (Fsp3) is 0.800. The van der Waals surface area contributed by atoms with Crippen molar-refractivity contribution in [1.82, 2.24) is 14.9 Å². The smallest absolute Gasteiger partial charge is 0.225 e. The zero-order valence-electron chi connectivity index (χ0n) is 15.4. The third-order valence-electron chi connectivity index (χ3n) is 6.59. The summed E-state index contributed by atoms with van der Waals surface area (Å²) in [5, 5.41) is 0. The second-order valence-electron chi connectivity index (χ2n) is 9.01. The van der Waals surface area contributed by atoms with E-state index < -0.39 is 0 Å². The van der Waals surface area contributed by atoms with E-state index in [1.807, 2.05) is 0 Å². The number of rotatable bonds is 7. The first-order valence-corrected chi connectivity index (χ1v) is 10.3. The number of ether oxygens (including phenoxy) is 1. The van der Waals surface area contributed by atoms with Gasteiger partial charge in [0.1, 0.15) is 0 Å². The van der Waals surface area contributed by atoms with Crippen molar-refractivity contribution in [3.8, 4) is 0 Å². The van der Waals surface area contributed by atoms with Crippen LogP contribution < -0.4 is 4.90 Å². The van der Waals surface area contributed by atoms with Gasteiger partial charge < -0.3 is 9.64 Å². The Kier molecular flexibility index (Phi) is 4.36. The Morgan fingerprint density at radius 1 is 1.00 bits per heavy atom. The van der Waals surface area contributed by atoms with Gasteiger partial charge in [0.15, 0.2) is 5.82 Å². The highest BCUT2D eigenvalue weighted by molar-refractivity contribution is 5.38. The van der Waals surface area contributed by atoms with Gasteiger partial charge in [-0.2, -0.15) is 0 Å². The molecule has 2 saturated carbocycles. The van der Waals surface area contributed by atoms with Gasteiger partial charge in [0, 0.05) is 32.8 Å². The topological polar surface area (TPSA) is 41.5 Å². The molecule has 1 aromatic rings. The average Bonchev–Trinajstić information content (AvgIpc) is 3.50. The molecule has 3 heterocycles. The van der Waals surface area contributed by atoms with E-state index in [4.69, 9.17) is 4.74 Å². The molecule has 0 amide bonds. The number of piperidine rings is 1. The lowest BCUT2D eigenvalue weighted by atomic mass is 9.75. The van der Waals surface area contributed by atoms with E-state index >= 15 is 0 Å². The molecule has 0 bridgehead atoms. The average molecular weight is 360 g/mol. The van der Waals surface area contributed by atoms with Gasteiger partial charge in [-0.3, -0.25) is 4.90 Å². The van der Waals surface area contributed by atoms with Crippen molar-refractivity contribution in [1.29, 1.82) is 0 Å². The summed E-state index contributed by atoms with van der Waals surface area (Å²) in [5.74, 6) is 2.71. The first kappa shape index (κ1) is 16.9. The van der Waals surface area contributed by atoms with E-state index in [1.54, 1.807) is 0 Å². The van der Waals surface area contributed by atoms with Crippen molar-refractivity contribution in [2.45, 2.75) is 44.1 Å². The summed E-state index contributed by atoms with van der Waals surface area (Å²) in [4.78, 5) is 13.3. The zero-order chi connectivity index (χ0) is 17.6. The summed E-state index contributed by atoms with van der Waals surface area (Å²) in [6.45, 7) is 6.24. The zero-order valence-corrected chi connectivity index (χ0v) is 15.4. The van der Waals surface area contributed by atoms with Gasteiger partial charge in [-0.25, -0.2) is 14.4 Å². The molecule has 142 valence electrons. The Bertz CT molecular complexity index is 625. The molecule has 4 fully saturated rings. The Morgan fingerprint density at radius 3 is 2.38 bits per heavy atom. The van der Waals surface area contributed by atoms with Crippen LogP contribution in [0.2, 0.25) is 0 Å². The van der Waals surface area contributed by atoms with Crippen molar-refractivity contribution in [2.75, 3.05) is 44.3 Å². The number of aromatic nitrogens is 2. The van der Waals surface area contributed by atoms with Crippen molar-refractivity contribution >= 4 is 5.95 Å². The summed E-state index contributed by atoms with van der Waals surface area (Å²) in [6, 6.07) is 0. The number of hydrogen-bond acceptors (Lipinski definition) is 5. The lowest BCUT2D eigenvalue weighted by Gasteiger charge is -2.59. The Morgan fingerprint density at radius 2 is 1.69 bits per heavy atom. The van der Waals surface area contributed by atoms with Gasteiger partial charge in [-0.05, 0) is 62.8 Å². The van der Waals surface area contributed by atoms with Crippen LogP contribution in [0.25, 0.3) is 0 Å². The van der Waals surface area contributed by atoms with E-state index in [-0.39, 0.29) is 11.4 Å². The van der Waals surface area contributed by atoms with E-state index in [9.17, 15) is 4.39 Å². The van der Waals surface area contributed by atoms with Gasteiger partial charge in [0.25, 0.3) is 0 Å². The Labute approximate surface area is 154 Å². The predicted molar refractivity (Wildman–Crippen MR) is 97.5 cm³/mol. The molecule has 1 atom stereocenters. The lowest BCUT2D eigenvalue weighted by molar-refractivity contribution is -0.0309. The first-order chi connectivity index (χ1) is 12.7. The van der Waals surface area contributed by atoms with Crippen molar-refractivity contribution < 1.29 is 9.13 Å². The minimum Gasteiger partial charge on any atom is -0.381 e. The summed E-state index contributed by atoms with van der Waals surface area (Å²) in [6.07, 6.45) is 10.5. The first-order valence-electron chi connectivity index (χ1n) is 10.3. The van der Waals surface area contributed by atoms with Crippen LogP contribution in [0.3, 0.4) is 0 Å². The van der Waals surface area contributed by atoms with Gasteiger partial charge in [-0.15, -0.1) is 0 Å².